The van der Waals surface area contributed by atoms with Crippen molar-refractivity contribution in [1.29, 1.82) is 0 Å². The molecule has 2 aromatic heterocycles. The SMILES string of the molecule is Cc1ccc(NC(=O)c2sc(=S)n3c2[nH]c(=O)c2cc(Cl)ccc23)cc1. The second kappa shape index (κ2) is 6.35. The number of aromatic amines is 1. The third kappa shape index (κ3) is 2.84. The highest BCUT2D eigenvalue weighted by molar-refractivity contribution is 7.73. The maximum atomic E-state index is 12.7. The van der Waals surface area contributed by atoms with Gasteiger partial charge in [-0.15, -0.1) is 0 Å². The zero-order chi connectivity index (χ0) is 18.4. The van der Waals surface area contributed by atoms with Crippen LogP contribution in [0.25, 0.3) is 16.6 Å². The van der Waals surface area contributed by atoms with Gasteiger partial charge in [0.2, 0.25) is 0 Å². The highest BCUT2D eigenvalue weighted by atomic mass is 35.5. The fraction of sp³-hybridized carbons (Fsp3) is 0.0556. The lowest BCUT2D eigenvalue weighted by molar-refractivity contribution is 0.103. The molecule has 0 aliphatic heterocycles. The summed E-state index contributed by atoms with van der Waals surface area (Å²) in [6.45, 7) is 1.97. The molecule has 0 bridgehead atoms. The van der Waals surface area contributed by atoms with E-state index >= 15 is 0 Å². The molecule has 0 unspecified atom stereocenters. The Morgan fingerprint density at radius 1 is 1.23 bits per heavy atom. The van der Waals surface area contributed by atoms with E-state index < -0.39 is 0 Å². The van der Waals surface area contributed by atoms with Crippen LogP contribution in [-0.4, -0.2) is 15.3 Å². The van der Waals surface area contributed by atoms with Crippen molar-refractivity contribution in [1.82, 2.24) is 9.38 Å². The van der Waals surface area contributed by atoms with E-state index in [1.54, 1.807) is 22.6 Å². The van der Waals surface area contributed by atoms with Crippen LogP contribution < -0.4 is 10.9 Å². The van der Waals surface area contributed by atoms with Crippen molar-refractivity contribution in [2.75, 3.05) is 5.32 Å². The zero-order valence-electron chi connectivity index (χ0n) is 13.5. The van der Waals surface area contributed by atoms with E-state index in [1.807, 2.05) is 31.2 Å². The highest BCUT2D eigenvalue weighted by Crippen LogP contribution is 2.25. The van der Waals surface area contributed by atoms with Crippen molar-refractivity contribution >= 4 is 63.3 Å². The van der Waals surface area contributed by atoms with Crippen molar-refractivity contribution in [3.8, 4) is 0 Å². The largest absolute Gasteiger partial charge is 0.321 e. The van der Waals surface area contributed by atoms with E-state index in [0.29, 0.717) is 36.1 Å². The lowest BCUT2D eigenvalue weighted by Crippen LogP contribution is -2.15. The molecule has 26 heavy (non-hydrogen) atoms. The predicted molar refractivity (Wildman–Crippen MR) is 108 cm³/mol. The molecule has 8 heteroatoms. The van der Waals surface area contributed by atoms with Gasteiger partial charge in [-0.1, -0.05) is 40.6 Å². The van der Waals surface area contributed by atoms with Gasteiger partial charge in [0.05, 0.1) is 10.9 Å². The fourth-order valence-corrected chi connectivity index (χ4v) is 4.19. The van der Waals surface area contributed by atoms with Crippen molar-refractivity contribution in [3.05, 3.63) is 72.2 Å². The number of nitrogens with one attached hydrogen (secondary N) is 2. The first-order chi connectivity index (χ1) is 12.4. The number of carbonyl (C=O) groups is 1. The van der Waals surface area contributed by atoms with Gasteiger partial charge in [0.25, 0.3) is 11.5 Å². The summed E-state index contributed by atoms with van der Waals surface area (Å²) in [7, 11) is 0. The molecule has 1 amide bonds. The molecule has 0 atom stereocenters. The van der Waals surface area contributed by atoms with Crippen LogP contribution in [0, 0.1) is 10.9 Å². The Morgan fingerprint density at radius 2 is 1.96 bits per heavy atom. The second-order valence-corrected chi connectivity index (χ2v) is 7.90. The number of nitrogens with zero attached hydrogens (tertiary/aromatic N) is 1. The number of carbonyl (C=O) groups excluding carboxylic acids is 1. The van der Waals surface area contributed by atoms with Crippen LogP contribution in [0.2, 0.25) is 5.02 Å². The summed E-state index contributed by atoms with van der Waals surface area (Å²) in [5, 5.41) is 3.72. The Morgan fingerprint density at radius 3 is 2.69 bits per heavy atom. The molecule has 0 saturated heterocycles. The number of hydrogen-bond acceptors (Lipinski definition) is 4. The first kappa shape index (κ1) is 17.0. The lowest BCUT2D eigenvalue weighted by atomic mass is 10.2. The number of rotatable bonds is 2. The van der Waals surface area contributed by atoms with Crippen LogP contribution in [0.4, 0.5) is 5.69 Å². The monoisotopic (exact) mass is 401 g/mol. The molecule has 0 aliphatic rings. The van der Waals surface area contributed by atoms with Gasteiger partial charge in [0.15, 0.2) is 3.95 Å². The number of thiazole rings is 1. The van der Waals surface area contributed by atoms with Crippen LogP contribution in [-0.2, 0) is 0 Å². The van der Waals surface area contributed by atoms with E-state index in [-0.39, 0.29) is 11.5 Å². The van der Waals surface area contributed by atoms with Gasteiger partial charge in [-0.25, -0.2) is 0 Å². The van der Waals surface area contributed by atoms with Crippen LogP contribution >= 0.6 is 35.2 Å². The molecule has 4 aromatic rings. The molecule has 130 valence electrons. The van der Waals surface area contributed by atoms with Crippen molar-refractivity contribution in [3.63, 3.8) is 0 Å². The van der Waals surface area contributed by atoms with E-state index in [1.165, 1.54) is 0 Å². The van der Waals surface area contributed by atoms with Crippen LogP contribution in [0.5, 0.6) is 0 Å². The molecular formula is C18H12ClN3O2S2. The molecule has 0 fully saturated rings. The molecule has 4 rings (SSSR count). The topological polar surface area (TPSA) is 66.4 Å². The Kier molecular flexibility index (Phi) is 4.14. The Balaban J connectivity index is 1.89. The number of halogens is 1. The second-order valence-electron chi connectivity index (χ2n) is 5.82. The van der Waals surface area contributed by atoms with Gasteiger partial charge in [-0.05, 0) is 49.5 Å². The summed E-state index contributed by atoms with van der Waals surface area (Å²) < 4.78 is 2.16. The number of amides is 1. The average molecular weight is 402 g/mol. The van der Waals surface area contributed by atoms with Crippen molar-refractivity contribution < 1.29 is 4.79 Å². The fourth-order valence-electron chi connectivity index (χ4n) is 2.74. The summed E-state index contributed by atoms with van der Waals surface area (Å²) in [4.78, 5) is 28.3. The molecule has 2 heterocycles. The minimum atomic E-state index is -0.323. The minimum absolute atomic E-state index is 0.320. The van der Waals surface area contributed by atoms with Gasteiger partial charge in [-0.2, -0.15) is 0 Å². The third-order valence-corrected chi connectivity index (χ3v) is 5.61. The molecular weight excluding hydrogens is 390 g/mol. The predicted octanol–water partition coefficient (Wildman–Crippen LogP) is 4.79. The normalized spacial score (nSPS) is 11.2. The Bertz CT molecular complexity index is 1290. The van der Waals surface area contributed by atoms with E-state index in [2.05, 4.69) is 10.3 Å². The summed E-state index contributed by atoms with van der Waals surface area (Å²) in [5.74, 6) is -0.323. The summed E-state index contributed by atoms with van der Waals surface area (Å²) >= 11 is 12.6. The van der Waals surface area contributed by atoms with Crippen molar-refractivity contribution in [2.24, 2.45) is 0 Å². The quantitative estimate of drug-likeness (QED) is 0.475. The zero-order valence-corrected chi connectivity index (χ0v) is 15.9. The Hall–Kier alpha value is -2.48. The first-order valence-electron chi connectivity index (χ1n) is 7.69. The van der Waals surface area contributed by atoms with Gasteiger partial charge in [0.1, 0.15) is 10.5 Å². The molecule has 0 saturated carbocycles. The first-order valence-corrected chi connectivity index (χ1v) is 9.29. The summed E-state index contributed by atoms with van der Waals surface area (Å²) in [5.41, 5.74) is 2.45. The van der Waals surface area contributed by atoms with Gasteiger partial charge < -0.3 is 10.3 Å². The number of aryl methyl sites for hydroxylation is 1. The maximum absolute atomic E-state index is 12.7. The minimum Gasteiger partial charge on any atom is -0.321 e. The van der Waals surface area contributed by atoms with E-state index in [4.69, 9.17) is 23.8 Å². The Labute approximate surface area is 161 Å². The molecule has 0 aliphatic carbocycles. The molecule has 0 radical (unpaired) electrons. The smallest absolute Gasteiger partial charge is 0.269 e. The lowest BCUT2D eigenvalue weighted by Gasteiger charge is -2.06. The summed E-state index contributed by atoms with van der Waals surface area (Å²) in [6.07, 6.45) is 0. The number of hydrogen-bond donors (Lipinski definition) is 2. The van der Waals surface area contributed by atoms with Gasteiger partial charge >= 0.3 is 0 Å². The number of fused-ring (bicyclic) bond motifs is 3. The van der Waals surface area contributed by atoms with Crippen LogP contribution in [0.15, 0.2) is 47.3 Å². The maximum Gasteiger partial charge on any atom is 0.269 e. The number of benzene rings is 2. The van der Waals surface area contributed by atoms with Crippen LogP contribution in [0.3, 0.4) is 0 Å². The van der Waals surface area contributed by atoms with Gasteiger partial charge in [0, 0.05) is 10.7 Å². The molecule has 2 aromatic carbocycles. The summed E-state index contributed by atoms with van der Waals surface area (Å²) in [6, 6.07) is 12.5. The van der Waals surface area contributed by atoms with Gasteiger partial charge in [-0.3, -0.25) is 14.0 Å². The molecule has 5 nitrogen and oxygen atoms in total. The highest BCUT2D eigenvalue weighted by Gasteiger charge is 2.18. The van der Waals surface area contributed by atoms with E-state index in [0.717, 1.165) is 16.9 Å². The van der Waals surface area contributed by atoms with Crippen molar-refractivity contribution in [2.45, 2.75) is 6.92 Å². The average Bonchev–Trinajstić information content (AvgIpc) is 2.94. The molecule has 0 spiro atoms. The molecule has 2 N–H and O–H groups in total. The van der Waals surface area contributed by atoms with E-state index in [9.17, 15) is 9.59 Å². The number of H-pyrrole nitrogens is 1. The number of anilines is 1. The standard InChI is InChI=1S/C18H12ClN3O2S2/c1-9-2-5-11(6-3-9)20-17(24)14-15-21-16(23)12-8-10(19)4-7-13(12)22(15)18(25)26-14/h2-8H,1H3,(H,20,24)(H,21,23). The number of aromatic nitrogens is 2. The third-order valence-electron chi connectivity index (χ3n) is 4.00. The van der Waals surface area contributed by atoms with Crippen LogP contribution in [0.1, 0.15) is 15.2 Å².